The third-order valence-corrected chi connectivity index (χ3v) is 3.54. The SMILES string of the molecule is CCNc1cc(C(=O)NCC2(C)CC2)c(Cl)cn1. The van der Waals surface area contributed by atoms with E-state index in [2.05, 4.69) is 22.5 Å². The summed E-state index contributed by atoms with van der Waals surface area (Å²) in [6.45, 7) is 5.62. The zero-order valence-electron chi connectivity index (χ0n) is 10.7. The smallest absolute Gasteiger partial charge is 0.253 e. The van der Waals surface area contributed by atoms with Gasteiger partial charge in [0.25, 0.3) is 5.91 Å². The number of hydrogen-bond acceptors (Lipinski definition) is 3. The van der Waals surface area contributed by atoms with Gasteiger partial charge in [-0.15, -0.1) is 0 Å². The summed E-state index contributed by atoms with van der Waals surface area (Å²) < 4.78 is 0. The summed E-state index contributed by atoms with van der Waals surface area (Å²) in [5.41, 5.74) is 0.770. The molecule has 4 nitrogen and oxygen atoms in total. The maximum Gasteiger partial charge on any atom is 0.253 e. The van der Waals surface area contributed by atoms with Gasteiger partial charge in [0.15, 0.2) is 0 Å². The summed E-state index contributed by atoms with van der Waals surface area (Å²) >= 11 is 6.01. The first-order chi connectivity index (χ1) is 8.54. The Hall–Kier alpha value is -1.29. The van der Waals surface area contributed by atoms with Gasteiger partial charge in [0.1, 0.15) is 5.82 Å². The highest BCUT2D eigenvalue weighted by molar-refractivity contribution is 6.33. The zero-order valence-corrected chi connectivity index (χ0v) is 11.5. The van der Waals surface area contributed by atoms with Crippen molar-refractivity contribution in [2.75, 3.05) is 18.4 Å². The number of nitrogens with zero attached hydrogens (tertiary/aromatic N) is 1. The minimum absolute atomic E-state index is 0.130. The Kier molecular flexibility index (Phi) is 3.76. The molecule has 2 N–H and O–H groups in total. The van der Waals surface area contributed by atoms with Crippen LogP contribution in [0.4, 0.5) is 5.82 Å². The lowest BCUT2D eigenvalue weighted by atomic mass is 10.1. The molecule has 1 amide bonds. The number of anilines is 1. The van der Waals surface area contributed by atoms with E-state index in [1.807, 2.05) is 6.92 Å². The van der Waals surface area contributed by atoms with E-state index in [-0.39, 0.29) is 5.91 Å². The average Bonchev–Trinajstić information content (AvgIpc) is 3.08. The lowest BCUT2D eigenvalue weighted by molar-refractivity contribution is 0.0946. The first kappa shape index (κ1) is 13.1. The van der Waals surface area contributed by atoms with E-state index in [4.69, 9.17) is 11.6 Å². The van der Waals surface area contributed by atoms with Gasteiger partial charge in [-0.2, -0.15) is 0 Å². The van der Waals surface area contributed by atoms with Crippen molar-refractivity contribution in [3.05, 3.63) is 22.8 Å². The van der Waals surface area contributed by atoms with Crippen molar-refractivity contribution in [1.82, 2.24) is 10.3 Å². The monoisotopic (exact) mass is 267 g/mol. The quantitative estimate of drug-likeness (QED) is 0.862. The van der Waals surface area contributed by atoms with Crippen LogP contribution in [0.5, 0.6) is 0 Å². The molecule has 2 rings (SSSR count). The zero-order chi connectivity index (χ0) is 13.2. The van der Waals surface area contributed by atoms with E-state index in [9.17, 15) is 4.79 Å². The molecule has 0 unspecified atom stereocenters. The van der Waals surface area contributed by atoms with Crippen molar-refractivity contribution < 1.29 is 4.79 Å². The van der Waals surface area contributed by atoms with Crippen LogP contribution in [0.2, 0.25) is 5.02 Å². The Labute approximate surface area is 112 Å². The lowest BCUT2D eigenvalue weighted by Crippen LogP contribution is -2.29. The number of carbonyl (C=O) groups is 1. The van der Waals surface area contributed by atoms with Crippen LogP contribution >= 0.6 is 11.6 Å². The van der Waals surface area contributed by atoms with Gasteiger partial charge in [0, 0.05) is 19.3 Å². The van der Waals surface area contributed by atoms with Gasteiger partial charge in [-0.25, -0.2) is 4.98 Å². The highest BCUT2D eigenvalue weighted by atomic mass is 35.5. The fourth-order valence-corrected chi connectivity index (χ4v) is 1.86. The third-order valence-electron chi connectivity index (χ3n) is 3.24. The Balaban J connectivity index is 2.05. The van der Waals surface area contributed by atoms with Crippen molar-refractivity contribution in [3.8, 4) is 0 Å². The van der Waals surface area contributed by atoms with Crippen molar-refractivity contribution in [3.63, 3.8) is 0 Å². The van der Waals surface area contributed by atoms with Crippen molar-refractivity contribution >= 4 is 23.3 Å². The topological polar surface area (TPSA) is 54.0 Å². The highest BCUT2D eigenvalue weighted by Gasteiger charge is 2.37. The van der Waals surface area contributed by atoms with Crippen LogP contribution in [-0.4, -0.2) is 24.0 Å². The van der Waals surface area contributed by atoms with Crippen LogP contribution in [0.1, 0.15) is 37.0 Å². The first-order valence-corrected chi connectivity index (χ1v) is 6.59. The molecule has 0 spiro atoms. The van der Waals surface area contributed by atoms with Gasteiger partial charge >= 0.3 is 0 Å². The number of hydrogen-bond donors (Lipinski definition) is 2. The molecule has 0 aromatic carbocycles. The number of aromatic nitrogens is 1. The maximum atomic E-state index is 12.0. The molecule has 1 aliphatic carbocycles. The van der Waals surface area contributed by atoms with Gasteiger partial charge in [-0.05, 0) is 31.2 Å². The van der Waals surface area contributed by atoms with E-state index >= 15 is 0 Å². The van der Waals surface area contributed by atoms with E-state index in [0.29, 0.717) is 28.4 Å². The Morgan fingerprint density at radius 1 is 1.56 bits per heavy atom. The Bertz CT molecular complexity index is 458. The highest BCUT2D eigenvalue weighted by Crippen LogP contribution is 2.44. The summed E-state index contributed by atoms with van der Waals surface area (Å²) in [6.07, 6.45) is 3.87. The predicted molar refractivity (Wildman–Crippen MR) is 73.1 cm³/mol. The largest absolute Gasteiger partial charge is 0.370 e. The minimum Gasteiger partial charge on any atom is -0.370 e. The number of carbonyl (C=O) groups excluding carboxylic acids is 1. The molecule has 0 radical (unpaired) electrons. The van der Waals surface area contributed by atoms with Crippen molar-refractivity contribution in [2.24, 2.45) is 5.41 Å². The summed E-state index contributed by atoms with van der Waals surface area (Å²) in [7, 11) is 0. The second-order valence-electron chi connectivity index (χ2n) is 5.07. The van der Waals surface area contributed by atoms with Gasteiger partial charge in [0.2, 0.25) is 0 Å². The molecule has 1 aliphatic rings. The normalized spacial score (nSPS) is 16.2. The molecule has 1 fully saturated rings. The van der Waals surface area contributed by atoms with E-state index in [1.165, 1.54) is 19.0 Å². The molecular weight excluding hydrogens is 250 g/mol. The Morgan fingerprint density at radius 2 is 2.28 bits per heavy atom. The fraction of sp³-hybridized carbons (Fsp3) is 0.538. The molecule has 0 aliphatic heterocycles. The number of amides is 1. The summed E-state index contributed by atoms with van der Waals surface area (Å²) in [4.78, 5) is 16.2. The molecule has 1 aromatic rings. The van der Waals surface area contributed by atoms with Crippen LogP contribution in [0.15, 0.2) is 12.3 Å². The molecular formula is C13H18ClN3O. The lowest BCUT2D eigenvalue weighted by Gasteiger charge is -2.11. The number of nitrogens with one attached hydrogen (secondary N) is 2. The van der Waals surface area contributed by atoms with Crippen LogP contribution < -0.4 is 10.6 Å². The minimum atomic E-state index is -0.130. The second kappa shape index (κ2) is 5.14. The van der Waals surface area contributed by atoms with Gasteiger partial charge in [-0.3, -0.25) is 4.79 Å². The van der Waals surface area contributed by atoms with Crippen molar-refractivity contribution in [2.45, 2.75) is 26.7 Å². The van der Waals surface area contributed by atoms with Crippen molar-refractivity contribution in [1.29, 1.82) is 0 Å². The van der Waals surface area contributed by atoms with Gasteiger partial charge < -0.3 is 10.6 Å². The molecule has 1 heterocycles. The molecule has 1 saturated carbocycles. The van der Waals surface area contributed by atoms with E-state index in [0.717, 1.165) is 6.54 Å². The van der Waals surface area contributed by atoms with Crippen LogP contribution in [0.25, 0.3) is 0 Å². The summed E-state index contributed by atoms with van der Waals surface area (Å²) in [5, 5.41) is 6.38. The molecule has 0 saturated heterocycles. The Morgan fingerprint density at radius 3 is 2.89 bits per heavy atom. The molecule has 98 valence electrons. The predicted octanol–water partition coefficient (Wildman–Crippen LogP) is 2.70. The molecule has 0 bridgehead atoms. The standard InChI is InChI=1S/C13H18ClN3O/c1-3-15-11-6-9(10(14)7-16-11)12(18)17-8-13(2)4-5-13/h6-7H,3-5,8H2,1-2H3,(H,15,16)(H,17,18). The number of pyridine rings is 1. The average molecular weight is 268 g/mol. The molecule has 1 aromatic heterocycles. The first-order valence-electron chi connectivity index (χ1n) is 6.22. The summed E-state index contributed by atoms with van der Waals surface area (Å²) in [6, 6.07) is 1.69. The summed E-state index contributed by atoms with van der Waals surface area (Å²) in [5.74, 6) is 0.541. The van der Waals surface area contributed by atoms with E-state index < -0.39 is 0 Å². The van der Waals surface area contributed by atoms with Crippen LogP contribution in [0, 0.1) is 5.41 Å². The van der Waals surface area contributed by atoms with Crippen LogP contribution in [0.3, 0.4) is 0 Å². The molecule has 5 heteroatoms. The maximum absolute atomic E-state index is 12.0. The number of rotatable bonds is 5. The van der Waals surface area contributed by atoms with Gasteiger partial charge in [-0.1, -0.05) is 18.5 Å². The number of halogens is 1. The van der Waals surface area contributed by atoms with E-state index in [1.54, 1.807) is 6.07 Å². The second-order valence-corrected chi connectivity index (χ2v) is 5.48. The van der Waals surface area contributed by atoms with Gasteiger partial charge in [0.05, 0.1) is 10.6 Å². The third kappa shape index (κ3) is 3.13. The molecule has 0 atom stereocenters. The fourth-order valence-electron chi connectivity index (χ4n) is 1.67. The molecule has 18 heavy (non-hydrogen) atoms. The van der Waals surface area contributed by atoms with Crippen LogP contribution in [-0.2, 0) is 0 Å².